The third-order valence-corrected chi connectivity index (χ3v) is 0.642. The fraction of sp³-hybridized carbons (Fsp3) is 1.00. The number of rotatable bonds is 4. The molecule has 0 spiro atoms. The van der Waals surface area contributed by atoms with Gasteiger partial charge in [0.05, 0.1) is 0 Å². The normalized spacial score (nSPS) is 13.9. The monoisotopic (exact) mass is 209 g/mol. The number of nitrogens with two attached hydrogens (primary N) is 2. The third-order valence-electron chi connectivity index (χ3n) is 0.642. The minimum atomic E-state index is -1.05. The fourth-order valence-electron chi connectivity index (χ4n) is 0.329. The minimum absolute atomic E-state index is 0.694. The van der Waals surface area contributed by atoms with Gasteiger partial charge in [-0.3, -0.25) is 0 Å². The number of hydrogen-bond donors (Lipinski definition) is 3. The van der Waals surface area contributed by atoms with Gasteiger partial charge in [0.2, 0.25) is 0 Å². The molecule has 0 aromatic rings. The van der Waals surface area contributed by atoms with Crippen molar-refractivity contribution in [2.24, 2.45) is 11.5 Å². The van der Waals surface area contributed by atoms with Crippen LogP contribution < -0.4 is 16.8 Å². The van der Waals surface area contributed by atoms with Crippen LogP contribution in [0.5, 0.6) is 0 Å². The van der Waals surface area contributed by atoms with Crippen LogP contribution in [0.25, 0.3) is 0 Å². The summed E-state index contributed by atoms with van der Waals surface area (Å²) < 4.78 is 0. The summed E-state index contributed by atoms with van der Waals surface area (Å²) in [6, 6.07) is 0. The smallest absolute Gasteiger partial charge is 0.00750 e. The van der Waals surface area contributed by atoms with Gasteiger partial charge in [0.15, 0.2) is 0 Å². The van der Waals surface area contributed by atoms with Crippen molar-refractivity contribution in [1.82, 2.24) is 5.32 Å². The van der Waals surface area contributed by atoms with Crippen LogP contribution in [0.15, 0.2) is 0 Å². The average molecular weight is 209 g/mol. The first kappa shape index (κ1) is 15.8. The SMILES string of the molecule is CP(C)(C)(C)C.NCCNCCN. The molecule has 0 aliphatic heterocycles. The van der Waals surface area contributed by atoms with Crippen molar-refractivity contribution in [2.45, 2.75) is 0 Å². The molecule has 0 unspecified atom stereocenters. The predicted octanol–water partition coefficient (Wildman–Crippen LogP) is 0.182. The van der Waals surface area contributed by atoms with Crippen molar-refractivity contribution in [1.29, 1.82) is 0 Å². The fourth-order valence-corrected chi connectivity index (χ4v) is 0.329. The van der Waals surface area contributed by atoms with Gasteiger partial charge in [-0.1, -0.05) is 0 Å². The zero-order valence-electron chi connectivity index (χ0n) is 9.93. The van der Waals surface area contributed by atoms with E-state index in [4.69, 9.17) is 11.5 Å². The Morgan fingerprint density at radius 2 is 1.08 bits per heavy atom. The molecule has 0 saturated carbocycles. The quantitative estimate of drug-likeness (QED) is 0.457. The molecule has 13 heavy (non-hydrogen) atoms. The molecule has 0 atom stereocenters. The summed E-state index contributed by atoms with van der Waals surface area (Å²) in [5, 5.41) is 3.03. The minimum Gasteiger partial charge on any atom is -0.329 e. The van der Waals surface area contributed by atoms with E-state index in [1.54, 1.807) is 0 Å². The molecule has 4 heteroatoms. The van der Waals surface area contributed by atoms with Gasteiger partial charge in [-0.15, -0.1) is 0 Å². The summed E-state index contributed by atoms with van der Waals surface area (Å²) >= 11 is 0. The Morgan fingerprint density at radius 1 is 0.846 bits per heavy atom. The molecule has 0 bridgehead atoms. The molecule has 84 valence electrons. The van der Waals surface area contributed by atoms with Gasteiger partial charge in [0.1, 0.15) is 0 Å². The van der Waals surface area contributed by atoms with Crippen LogP contribution in [-0.2, 0) is 0 Å². The van der Waals surface area contributed by atoms with E-state index < -0.39 is 6.60 Å². The van der Waals surface area contributed by atoms with Crippen molar-refractivity contribution in [3.05, 3.63) is 0 Å². The molecule has 0 aliphatic rings. The van der Waals surface area contributed by atoms with Crippen molar-refractivity contribution in [3.8, 4) is 0 Å². The molecule has 0 rings (SSSR count). The Kier molecular flexibility index (Phi) is 8.15. The third kappa shape index (κ3) is 70.4. The van der Waals surface area contributed by atoms with Gasteiger partial charge in [-0.2, -0.15) is 0 Å². The summed E-state index contributed by atoms with van der Waals surface area (Å²) in [5.41, 5.74) is 10.3. The van der Waals surface area contributed by atoms with Crippen LogP contribution in [0.1, 0.15) is 0 Å². The zero-order chi connectivity index (χ0) is 11.0. The maximum atomic E-state index is 5.17. The largest absolute Gasteiger partial charge is 0.329 e. The molecule has 0 fully saturated rings. The van der Waals surface area contributed by atoms with Crippen molar-refractivity contribution < 1.29 is 0 Å². The van der Waals surface area contributed by atoms with Gasteiger partial charge >= 0.3 is 39.9 Å². The van der Waals surface area contributed by atoms with Crippen LogP contribution >= 0.6 is 6.60 Å². The van der Waals surface area contributed by atoms with Crippen molar-refractivity contribution >= 4 is 6.60 Å². The van der Waals surface area contributed by atoms with Gasteiger partial charge in [0.25, 0.3) is 0 Å². The van der Waals surface area contributed by atoms with E-state index in [9.17, 15) is 0 Å². The molecule has 0 saturated heterocycles. The first-order chi connectivity index (χ1) is 5.65. The van der Waals surface area contributed by atoms with Crippen LogP contribution in [-0.4, -0.2) is 59.5 Å². The van der Waals surface area contributed by atoms with E-state index in [2.05, 4.69) is 38.6 Å². The maximum absolute atomic E-state index is 5.17. The topological polar surface area (TPSA) is 64.1 Å². The average Bonchev–Trinajstić information content (AvgIpc) is 1.83. The van der Waals surface area contributed by atoms with Gasteiger partial charge < -0.3 is 16.8 Å². The van der Waals surface area contributed by atoms with Crippen LogP contribution in [0, 0.1) is 0 Å². The molecule has 0 aromatic heterocycles. The van der Waals surface area contributed by atoms with Crippen molar-refractivity contribution in [2.75, 3.05) is 59.5 Å². The van der Waals surface area contributed by atoms with E-state index in [0.717, 1.165) is 13.1 Å². The molecule has 0 heterocycles. The Morgan fingerprint density at radius 3 is 1.23 bits per heavy atom. The van der Waals surface area contributed by atoms with Crippen LogP contribution in [0.4, 0.5) is 0 Å². The summed E-state index contributed by atoms with van der Waals surface area (Å²) in [4.78, 5) is 0. The second-order valence-corrected chi connectivity index (χ2v) is 14.7. The Bertz CT molecular complexity index is 94.8. The number of nitrogens with one attached hydrogen (secondary N) is 1. The van der Waals surface area contributed by atoms with E-state index in [1.807, 2.05) is 0 Å². The van der Waals surface area contributed by atoms with E-state index in [0.29, 0.717) is 13.1 Å². The van der Waals surface area contributed by atoms with Crippen LogP contribution in [0.2, 0.25) is 0 Å². The van der Waals surface area contributed by atoms with Crippen LogP contribution in [0.3, 0.4) is 0 Å². The van der Waals surface area contributed by atoms with E-state index >= 15 is 0 Å². The van der Waals surface area contributed by atoms with Gasteiger partial charge in [-0.05, 0) is 0 Å². The van der Waals surface area contributed by atoms with Crippen molar-refractivity contribution in [3.63, 3.8) is 0 Å². The Balaban J connectivity index is 0. The Hall–Kier alpha value is 0.310. The van der Waals surface area contributed by atoms with Gasteiger partial charge in [-0.25, -0.2) is 0 Å². The zero-order valence-corrected chi connectivity index (χ0v) is 10.8. The number of hydrogen-bond acceptors (Lipinski definition) is 3. The first-order valence-electron chi connectivity index (χ1n) is 4.76. The molecule has 0 aromatic carbocycles. The summed E-state index contributed by atoms with van der Waals surface area (Å²) in [5.74, 6) is 0. The molecule has 3 nitrogen and oxygen atoms in total. The summed E-state index contributed by atoms with van der Waals surface area (Å²) in [7, 11) is 0. The Labute approximate surface area is 83.6 Å². The van der Waals surface area contributed by atoms with Gasteiger partial charge in [0, 0.05) is 26.2 Å². The second kappa shape index (κ2) is 6.72. The summed E-state index contributed by atoms with van der Waals surface area (Å²) in [6.07, 6.45) is 0. The second-order valence-electron chi connectivity index (χ2n) is 5.80. The molecular weight excluding hydrogens is 181 g/mol. The van der Waals surface area contributed by atoms with E-state index in [-0.39, 0.29) is 0 Å². The standard InChI is InChI=1S/C5H15P.C4H13N3/c1-6(2,3,4)5;5-1-3-7-4-2-6/h1-5H3;7H,1-6H2. The molecule has 0 radical (unpaired) electrons. The molecule has 0 amide bonds. The maximum Gasteiger partial charge on any atom is 0.00750 e. The predicted molar refractivity (Wildman–Crippen MR) is 67.5 cm³/mol. The molecular formula is C9H28N3P. The summed E-state index contributed by atoms with van der Waals surface area (Å²) in [6.45, 7) is 13.8. The van der Waals surface area contributed by atoms with E-state index in [1.165, 1.54) is 0 Å². The molecule has 0 aliphatic carbocycles. The molecule has 5 N–H and O–H groups in total. The first-order valence-corrected chi connectivity index (χ1v) is 9.23.